The molecule has 102 valence electrons. The zero-order valence-corrected chi connectivity index (χ0v) is 11.6. The van der Waals surface area contributed by atoms with E-state index in [1.54, 1.807) is 6.07 Å². The molecule has 0 fully saturated rings. The summed E-state index contributed by atoms with van der Waals surface area (Å²) < 4.78 is 37.7. The van der Waals surface area contributed by atoms with Crippen LogP contribution in [0.5, 0.6) is 0 Å². The third-order valence-corrected chi connectivity index (χ3v) is 2.90. The van der Waals surface area contributed by atoms with Gasteiger partial charge in [-0.05, 0) is 30.5 Å². The maximum absolute atomic E-state index is 13.4. The third kappa shape index (κ3) is 5.35. The molecule has 0 saturated heterocycles. The average Bonchev–Trinajstić information content (AvgIpc) is 2.20. The summed E-state index contributed by atoms with van der Waals surface area (Å²) in [5, 5.41) is 3.13. The summed E-state index contributed by atoms with van der Waals surface area (Å²) in [7, 11) is -3.47. The van der Waals surface area contributed by atoms with Gasteiger partial charge in [0.25, 0.3) is 0 Å². The van der Waals surface area contributed by atoms with Crippen molar-refractivity contribution in [2.24, 2.45) is 5.92 Å². The standard InChI is InChI=1S/C12H19FN2O2S/c1-9(2)6-7-14-10-4-5-11(13)12(8-10)15-18(3,16)17/h4-5,8-9,14-15H,6-7H2,1-3H3. The van der Waals surface area contributed by atoms with Crippen LogP contribution in [-0.2, 0) is 10.0 Å². The molecule has 0 aliphatic carbocycles. The summed E-state index contributed by atoms with van der Waals surface area (Å²) in [6, 6.07) is 4.28. The predicted octanol–water partition coefficient (Wildman–Crippen LogP) is 2.66. The Hall–Kier alpha value is -1.30. The number of sulfonamides is 1. The molecule has 18 heavy (non-hydrogen) atoms. The van der Waals surface area contributed by atoms with E-state index in [0.29, 0.717) is 11.6 Å². The van der Waals surface area contributed by atoms with Crippen molar-refractivity contribution in [2.45, 2.75) is 20.3 Å². The van der Waals surface area contributed by atoms with Crippen LogP contribution in [0.4, 0.5) is 15.8 Å². The van der Waals surface area contributed by atoms with E-state index in [1.807, 2.05) is 0 Å². The quantitative estimate of drug-likeness (QED) is 0.838. The lowest BCUT2D eigenvalue weighted by Gasteiger charge is -2.11. The second-order valence-electron chi connectivity index (χ2n) is 4.68. The van der Waals surface area contributed by atoms with Crippen LogP contribution in [0.3, 0.4) is 0 Å². The Morgan fingerprint density at radius 3 is 2.56 bits per heavy atom. The van der Waals surface area contributed by atoms with Gasteiger partial charge in [0.1, 0.15) is 5.82 Å². The highest BCUT2D eigenvalue weighted by atomic mass is 32.2. The van der Waals surface area contributed by atoms with Crippen molar-refractivity contribution in [1.82, 2.24) is 0 Å². The molecule has 0 atom stereocenters. The highest BCUT2D eigenvalue weighted by molar-refractivity contribution is 7.92. The topological polar surface area (TPSA) is 58.2 Å². The molecule has 0 heterocycles. The third-order valence-electron chi connectivity index (χ3n) is 2.31. The lowest BCUT2D eigenvalue weighted by atomic mass is 10.1. The smallest absolute Gasteiger partial charge is 0.229 e. The molecule has 0 saturated carbocycles. The SMILES string of the molecule is CC(C)CCNc1ccc(F)c(NS(C)(=O)=O)c1. The van der Waals surface area contributed by atoms with Gasteiger partial charge in [-0.1, -0.05) is 13.8 Å². The molecule has 1 aromatic carbocycles. The van der Waals surface area contributed by atoms with Crippen molar-refractivity contribution in [1.29, 1.82) is 0 Å². The summed E-state index contributed by atoms with van der Waals surface area (Å²) in [5.74, 6) is -0.0126. The molecular weight excluding hydrogens is 255 g/mol. The van der Waals surface area contributed by atoms with Crippen molar-refractivity contribution >= 4 is 21.4 Å². The molecule has 0 aliphatic heterocycles. The van der Waals surface area contributed by atoms with Gasteiger partial charge in [0, 0.05) is 12.2 Å². The molecule has 0 aromatic heterocycles. The normalized spacial score (nSPS) is 11.6. The van der Waals surface area contributed by atoms with Crippen LogP contribution < -0.4 is 10.0 Å². The largest absolute Gasteiger partial charge is 0.385 e. The van der Waals surface area contributed by atoms with Crippen LogP contribution in [0.2, 0.25) is 0 Å². The minimum absolute atomic E-state index is 0.0351. The summed E-state index contributed by atoms with van der Waals surface area (Å²) >= 11 is 0. The highest BCUT2D eigenvalue weighted by Crippen LogP contribution is 2.20. The number of rotatable bonds is 6. The van der Waals surface area contributed by atoms with E-state index in [2.05, 4.69) is 23.9 Å². The van der Waals surface area contributed by atoms with Crippen molar-refractivity contribution in [3.8, 4) is 0 Å². The molecular formula is C12H19FN2O2S. The van der Waals surface area contributed by atoms with E-state index in [4.69, 9.17) is 0 Å². The van der Waals surface area contributed by atoms with Gasteiger partial charge in [-0.25, -0.2) is 12.8 Å². The summed E-state index contributed by atoms with van der Waals surface area (Å²) in [5.41, 5.74) is 0.662. The molecule has 0 aliphatic rings. The molecule has 2 N–H and O–H groups in total. The molecule has 0 bridgehead atoms. The van der Waals surface area contributed by atoms with E-state index in [1.165, 1.54) is 12.1 Å². The molecule has 4 nitrogen and oxygen atoms in total. The van der Waals surface area contributed by atoms with Crippen LogP contribution in [0, 0.1) is 11.7 Å². The minimum atomic E-state index is -3.47. The van der Waals surface area contributed by atoms with E-state index < -0.39 is 15.8 Å². The zero-order chi connectivity index (χ0) is 13.8. The first-order valence-corrected chi connectivity index (χ1v) is 7.68. The van der Waals surface area contributed by atoms with Crippen molar-refractivity contribution in [3.63, 3.8) is 0 Å². The van der Waals surface area contributed by atoms with Crippen LogP contribution in [0.1, 0.15) is 20.3 Å². The van der Waals surface area contributed by atoms with Crippen LogP contribution >= 0.6 is 0 Å². The van der Waals surface area contributed by atoms with Crippen molar-refractivity contribution in [3.05, 3.63) is 24.0 Å². The lowest BCUT2D eigenvalue weighted by molar-refractivity contribution is 0.603. The summed E-state index contributed by atoms with van der Waals surface area (Å²) in [6.07, 6.45) is 1.98. The Morgan fingerprint density at radius 2 is 2.00 bits per heavy atom. The number of nitrogens with one attached hydrogen (secondary N) is 2. The number of hydrogen-bond donors (Lipinski definition) is 2. The second-order valence-corrected chi connectivity index (χ2v) is 6.43. The Morgan fingerprint density at radius 1 is 1.33 bits per heavy atom. The number of benzene rings is 1. The maximum atomic E-state index is 13.4. The Balaban J connectivity index is 2.74. The monoisotopic (exact) mass is 274 g/mol. The van der Waals surface area contributed by atoms with Crippen LogP contribution in [0.15, 0.2) is 18.2 Å². The molecule has 0 spiro atoms. The van der Waals surface area contributed by atoms with E-state index >= 15 is 0 Å². The lowest BCUT2D eigenvalue weighted by Crippen LogP contribution is -2.11. The molecule has 1 aromatic rings. The van der Waals surface area contributed by atoms with Crippen molar-refractivity contribution in [2.75, 3.05) is 22.8 Å². The fourth-order valence-electron chi connectivity index (χ4n) is 1.42. The first-order valence-electron chi connectivity index (χ1n) is 5.79. The van der Waals surface area contributed by atoms with Crippen molar-refractivity contribution < 1.29 is 12.8 Å². The fourth-order valence-corrected chi connectivity index (χ4v) is 1.97. The van der Waals surface area contributed by atoms with E-state index in [0.717, 1.165) is 19.2 Å². The first kappa shape index (κ1) is 14.8. The Labute approximate surface area is 108 Å². The van der Waals surface area contributed by atoms with Gasteiger partial charge in [-0.15, -0.1) is 0 Å². The Bertz CT molecular complexity index is 501. The molecule has 1 rings (SSSR count). The van der Waals surface area contributed by atoms with Crippen LogP contribution in [-0.4, -0.2) is 21.2 Å². The fraction of sp³-hybridized carbons (Fsp3) is 0.500. The summed E-state index contributed by atoms with van der Waals surface area (Å²) in [4.78, 5) is 0. The van der Waals surface area contributed by atoms with Gasteiger partial charge < -0.3 is 5.32 Å². The van der Waals surface area contributed by atoms with E-state index in [-0.39, 0.29) is 5.69 Å². The number of anilines is 2. The average molecular weight is 274 g/mol. The summed E-state index contributed by atoms with van der Waals surface area (Å²) in [6.45, 7) is 4.99. The van der Waals surface area contributed by atoms with E-state index in [9.17, 15) is 12.8 Å². The molecule has 0 amide bonds. The maximum Gasteiger partial charge on any atom is 0.229 e. The minimum Gasteiger partial charge on any atom is -0.385 e. The van der Waals surface area contributed by atoms with Crippen LogP contribution in [0.25, 0.3) is 0 Å². The van der Waals surface area contributed by atoms with Gasteiger partial charge >= 0.3 is 0 Å². The van der Waals surface area contributed by atoms with Gasteiger partial charge in [-0.3, -0.25) is 4.72 Å². The van der Waals surface area contributed by atoms with Gasteiger partial charge in [0.2, 0.25) is 10.0 Å². The van der Waals surface area contributed by atoms with Gasteiger partial charge in [-0.2, -0.15) is 0 Å². The number of halogens is 1. The predicted molar refractivity (Wildman–Crippen MR) is 72.8 cm³/mol. The zero-order valence-electron chi connectivity index (χ0n) is 10.8. The van der Waals surface area contributed by atoms with Gasteiger partial charge in [0.05, 0.1) is 11.9 Å². The molecule has 0 radical (unpaired) electrons. The Kier molecular flexibility index (Phi) is 4.95. The highest BCUT2D eigenvalue weighted by Gasteiger charge is 2.08. The first-order chi connectivity index (χ1) is 8.28. The molecule has 0 unspecified atom stereocenters. The molecule has 6 heteroatoms. The number of hydrogen-bond acceptors (Lipinski definition) is 3. The van der Waals surface area contributed by atoms with Gasteiger partial charge in [0.15, 0.2) is 0 Å². The second kappa shape index (κ2) is 6.04.